The van der Waals surface area contributed by atoms with E-state index >= 15 is 0 Å². The summed E-state index contributed by atoms with van der Waals surface area (Å²) in [6.07, 6.45) is 14.7. The second-order valence-corrected chi connectivity index (χ2v) is 9.06. The van der Waals surface area contributed by atoms with Crippen LogP contribution in [0.4, 0.5) is 0 Å². The molecule has 2 heteroatoms. The van der Waals surface area contributed by atoms with E-state index in [2.05, 4.69) is 12.2 Å². The van der Waals surface area contributed by atoms with Crippen molar-refractivity contribution in [3.63, 3.8) is 0 Å². The first-order valence-electron chi connectivity index (χ1n) is 9.64. The summed E-state index contributed by atoms with van der Waals surface area (Å²) in [5, 5.41) is 4.10. The molecule has 0 amide bonds. The van der Waals surface area contributed by atoms with E-state index < -0.39 is 0 Å². The molecule has 0 saturated heterocycles. The predicted molar refractivity (Wildman–Crippen MR) is 88.0 cm³/mol. The van der Waals surface area contributed by atoms with Gasteiger partial charge in [0.1, 0.15) is 0 Å². The molecule has 5 aliphatic carbocycles. The summed E-state index contributed by atoms with van der Waals surface area (Å²) < 4.78 is 0. The molecule has 3 atom stereocenters. The molecule has 0 aliphatic heterocycles. The molecule has 5 rings (SSSR count). The molecule has 21 heavy (non-hydrogen) atoms. The summed E-state index contributed by atoms with van der Waals surface area (Å²) in [6.45, 7) is 3.39. The van der Waals surface area contributed by atoms with E-state index in [9.17, 15) is 0 Å². The van der Waals surface area contributed by atoms with Crippen molar-refractivity contribution >= 4 is 0 Å². The zero-order chi connectivity index (χ0) is 14.4. The standard InChI is InChI=1S/C19H34N2/c1-13(21-18-5-3-2-4-17(18)12-20)19-9-14-6-15(10-19)8-16(7-14)11-19/h13-18,21H,2-12,20H2,1H3. The van der Waals surface area contributed by atoms with E-state index in [4.69, 9.17) is 5.73 Å². The number of rotatable bonds is 4. The van der Waals surface area contributed by atoms with E-state index in [1.54, 1.807) is 19.3 Å². The van der Waals surface area contributed by atoms with Crippen LogP contribution in [0.1, 0.15) is 71.1 Å². The maximum atomic E-state index is 6.04. The van der Waals surface area contributed by atoms with Crippen LogP contribution in [0, 0.1) is 29.1 Å². The van der Waals surface area contributed by atoms with E-state index in [1.807, 2.05) is 0 Å². The highest BCUT2D eigenvalue weighted by Crippen LogP contribution is 2.61. The summed E-state index contributed by atoms with van der Waals surface area (Å²) in [5.74, 6) is 3.93. The first-order valence-corrected chi connectivity index (χ1v) is 9.64. The molecule has 4 bridgehead atoms. The second-order valence-electron chi connectivity index (χ2n) is 9.06. The highest BCUT2D eigenvalue weighted by Gasteiger charge is 2.53. The lowest BCUT2D eigenvalue weighted by Gasteiger charge is -2.59. The van der Waals surface area contributed by atoms with Crippen molar-refractivity contribution < 1.29 is 0 Å². The van der Waals surface area contributed by atoms with Gasteiger partial charge in [0.15, 0.2) is 0 Å². The third-order valence-electron chi connectivity index (χ3n) is 7.68. The Kier molecular flexibility index (Phi) is 3.82. The molecule has 0 radical (unpaired) electrons. The molecule has 0 heterocycles. The van der Waals surface area contributed by atoms with Gasteiger partial charge >= 0.3 is 0 Å². The topological polar surface area (TPSA) is 38.0 Å². The van der Waals surface area contributed by atoms with Crippen LogP contribution >= 0.6 is 0 Å². The summed E-state index contributed by atoms with van der Waals surface area (Å²) in [7, 11) is 0. The monoisotopic (exact) mass is 290 g/mol. The van der Waals surface area contributed by atoms with Crippen molar-refractivity contribution in [3.8, 4) is 0 Å². The van der Waals surface area contributed by atoms with Gasteiger partial charge in [0.2, 0.25) is 0 Å². The van der Waals surface area contributed by atoms with Crippen LogP contribution in [0.3, 0.4) is 0 Å². The maximum Gasteiger partial charge on any atom is 0.0110 e. The van der Waals surface area contributed by atoms with Crippen LogP contribution < -0.4 is 11.1 Å². The van der Waals surface area contributed by atoms with E-state index in [0.29, 0.717) is 17.5 Å². The third-order valence-corrected chi connectivity index (χ3v) is 7.68. The molecule has 0 spiro atoms. The molecule has 3 unspecified atom stereocenters. The molecule has 0 aromatic carbocycles. The fourth-order valence-corrected chi connectivity index (χ4v) is 6.92. The quantitative estimate of drug-likeness (QED) is 0.828. The van der Waals surface area contributed by atoms with Gasteiger partial charge in [-0.1, -0.05) is 12.8 Å². The van der Waals surface area contributed by atoms with Crippen molar-refractivity contribution in [2.75, 3.05) is 6.54 Å². The second kappa shape index (κ2) is 5.53. The first-order chi connectivity index (χ1) is 10.2. The molecule has 5 fully saturated rings. The van der Waals surface area contributed by atoms with Gasteiger partial charge in [-0.05, 0) is 93.9 Å². The average Bonchev–Trinajstić information content (AvgIpc) is 2.46. The summed E-state index contributed by atoms with van der Waals surface area (Å²) in [5.41, 5.74) is 6.68. The summed E-state index contributed by atoms with van der Waals surface area (Å²) in [6, 6.07) is 1.41. The SMILES string of the molecule is CC(NC1CCCCC1CN)C12CC3CC(CC(C3)C1)C2. The summed E-state index contributed by atoms with van der Waals surface area (Å²) in [4.78, 5) is 0. The van der Waals surface area contributed by atoms with E-state index in [1.165, 1.54) is 44.9 Å². The Morgan fingerprint density at radius 3 is 2.14 bits per heavy atom. The van der Waals surface area contributed by atoms with Crippen molar-refractivity contribution in [3.05, 3.63) is 0 Å². The van der Waals surface area contributed by atoms with Crippen molar-refractivity contribution in [1.29, 1.82) is 0 Å². The Morgan fingerprint density at radius 2 is 1.57 bits per heavy atom. The van der Waals surface area contributed by atoms with Crippen LogP contribution in [0.5, 0.6) is 0 Å². The smallest absolute Gasteiger partial charge is 0.0110 e. The fourth-order valence-electron chi connectivity index (χ4n) is 6.92. The Balaban J connectivity index is 1.45. The molecule has 120 valence electrons. The molecular formula is C19H34N2. The first kappa shape index (κ1) is 14.5. The minimum absolute atomic E-state index is 0.644. The fraction of sp³-hybridized carbons (Fsp3) is 1.00. The molecule has 5 saturated carbocycles. The van der Waals surface area contributed by atoms with E-state index in [0.717, 1.165) is 30.2 Å². The van der Waals surface area contributed by atoms with Crippen molar-refractivity contribution in [2.45, 2.75) is 83.2 Å². The van der Waals surface area contributed by atoms with Gasteiger partial charge in [-0.25, -0.2) is 0 Å². The highest BCUT2D eigenvalue weighted by atomic mass is 15.0. The Hall–Kier alpha value is -0.0800. The van der Waals surface area contributed by atoms with Gasteiger partial charge in [-0.15, -0.1) is 0 Å². The van der Waals surface area contributed by atoms with E-state index in [-0.39, 0.29) is 0 Å². The molecule has 0 aromatic rings. The van der Waals surface area contributed by atoms with Crippen LogP contribution in [-0.4, -0.2) is 18.6 Å². The van der Waals surface area contributed by atoms with Gasteiger partial charge in [-0.2, -0.15) is 0 Å². The van der Waals surface area contributed by atoms with Crippen molar-refractivity contribution in [2.24, 2.45) is 34.8 Å². The van der Waals surface area contributed by atoms with Crippen molar-refractivity contribution in [1.82, 2.24) is 5.32 Å². The number of hydrogen-bond donors (Lipinski definition) is 2. The highest BCUT2D eigenvalue weighted by molar-refractivity contribution is 5.05. The number of nitrogens with one attached hydrogen (secondary N) is 1. The lowest BCUT2D eigenvalue weighted by Crippen LogP contribution is -2.58. The van der Waals surface area contributed by atoms with Gasteiger partial charge in [0.25, 0.3) is 0 Å². The largest absolute Gasteiger partial charge is 0.330 e. The lowest BCUT2D eigenvalue weighted by atomic mass is 9.48. The minimum atomic E-state index is 0.644. The Bertz CT molecular complexity index is 342. The van der Waals surface area contributed by atoms with Gasteiger partial charge in [0.05, 0.1) is 0 Å². The van der Waals surface area contributed by atoms with Crippen LogP contribution in [0.15, 0.2) is 0 Å². The summed E-state index contributed by atoms with van der Waals surface area (Å²) >= 11 is 0. The minimum Gasteiger partial charge on any atom is -0.330 e. The molecule has 0 aromatic heterocycles. The maximum absolute atomic E-state index is 6.04. The molecule has 3 N–H and O–H groups in total. The van der Waals surface area contributed by atoms with Crippen LogP contribution in [0.2, 0.25) is 0 Å². The molecule has 2 nitrogen and oxygen atoms in total. The predicted octanol–water partition coefficient (Wildman–Crippen LogP) is 3.70. The zero-order valence-electron chi connectivity index (χ0n) is 13.8. The average molecular weight is 290 g/mol. The molecule has 5 aliphatic rings. The number of hydrogen-bond acceptors (Lipinski definition) is 2. The van der Waals surface area contributed by atoms with Gasteiger partial charge < -0.3 is 11.1 Å². The Labute approximate surface area is 130 Å². The van der Waals surface area contributed by atoms with Gasteiger partial charge in [0, 0.05) is 12.1 Å². The normalized spacial score (nSPS) is 50.3. The van der Waals surface area contributed by atoms with Crippen LogP contribution in [0.25, 0.3) is 0 Å². The number of nitrogens with two attached hydrogens (primary N) is 1. The third kappa shape index (κ3) is 2.57. The van der Waals surface area contributed by atoms with Gasteiger partial charge in [-0.3, -0.25) is 0 Å². The zero-order valence-corrected chi connectivity index (χ0v) is 13.8. The lowest BCUT2D eigenvalue weighted by molar-refractivity contribution is -0.0738. The molecular weight excluding hydrogens is 256 g/mol. The van der Waals surface area contributed by atoms with Crippen LogP contribution in [-0.2, 0) is 0 Å². The Morgan fingerprint density at radius 1 is 1.00 bits per heavy atom.